The quantitative estimate of drug-likeness (QED) is 0.107. The number of ether oxygens (including phenoxy) is 5. The van der Waals surface area contributed by atoms with Crippen LogP contribution in [0.25, 0.3) is 11.1 Å². The SMILES string of the molecule is COC(=O)CCCCN(CCc1ccccc1OCc1ccc(-c2ccc3c(c2)OCO3)cc1)Cc1ccc(C(=O)OC)cc1. The first-order valence-corrected chi connectivity index (χ1v) is 15.2. The molecule has 4 aromatic rings. The molecule has 0 bridgehead atoms. The minimum Gasteiger partial charge on any atom is -0.489 e. The van der Waals surface area contributed by atoms with Gasteiger partial charge in [0.15, 0.2) is 11.5 Å². The maximum atomic E-state index is 11.9. The standard InChI is InChI=1S/C37H39NO7/c1-41-36(39)9-5-6-21-38(24-27-10-16-31(17-11-27)37(40)42-2)22-20-30-7-3-4-8-33(30)43-25-28-12-14-29(15-13-28)32-18-19-34-35(23-32)45-26-44-34/h3-4,7-8,10-19,23H,5-6,9,20-22,24-26H2,1-2H3. The predicted octanol–water partition coefficient (Wildman–Crippen LogP) is 6.84. The van der Waals surface area contributed by atoms with Crippen LogP contribution in [0.1, 0.15) is 46.3 Å². The molecule has 0 unspecified atom stereocenters. The molecule has 0 atom stereocenters. The van der Waals surface area contributed by atoms with Crippen molar-refractivity contribution in [1.29, 1.82) is 0 Å². The molecular weight excluding hydrogens is 570 g/mol. The number of fused-ring (bicyclic) bond motifs is 1. The number of unbranched alkanes of at least 4 members (excludes halogenated alkanes) is 1. The first-order chi connectivity index (χ1) is 22.0. The van der Waals surface area contributed by atoms with Gasteiger partial charge in [0, 0.05) is 19.5 Å². The number of methoxy groups -OCH3 is 2. The molecule has 0 amide bonds. The highest BCUT2D eigenvalue weighted by molar-refractivity contribution is 5.89. The summed E-state index contributed by atoms with van der Waals surface area (Å²) in [7, 11) is 2.80. The Balaban J connectivity index is 1.19. The van der Waals surface area contributed by atoms with E-state index in [9.17, 15) is 9.59 Å². The Labute approximate surface area is 264 Å². The number of esters is 2. The van der Waals surface area contributed by atoms with E-state index in [1.165, 1.54) is 14.2 Å². The Kier molecular flexibility index (Phi) is 11.1. The van der Waals surface area contributed by atoms with E-state index in [-0.39, 0.29) is 18.7 Å². The Morgan fingerprint density at radius 1 is 0.756 bits per heavy atom. The molecule has 1 aliphatic rings. The number of carbonyl (C=O) groups excluding carboxylic acids is 2. The molecule has 8 nitrogen and oxygen atoms in total. The molecule has 8 heteroatoms. The van der Waals surface area contributed by atoms with Crippen LogP contribution in [-0.4, -0.2) is 50.9 Å². The van der Waals surface area contributed by atoms with Crippen LogP contribution in [0.2, 0.25) is 0 Å². The Bertz CT molecular complexity index is 1570. The van der Waals surface area contributed by atoms with Gasteiger partial charge in [0.2, 0.25) is 6.79 Å². The Morgan fingerprint density at radius 2 is 1.49 bits per heavy atom. The van der Waals surface area contributed by atoms with Gasteiger partial charge in [-0.1, -0.05) is 60.7 Å². The molecule has 1 heterocycles. The van der Waals surface area contributed by atoms with Crippen LogP contribution in [0.3, 0.4) is 0 Å². The maximum absolute atomic E-state index is 11.9. The van der Waals surface area contributed by atoms with Gasteiger partial charge in [-0.3, -0.25) is 9.69 Å². The van der Waals surface area contributed by atoms with Gasteiger partial charge in [-0.2, -0.15) is 0 Å². The van der Waals surface area contributed by atoms with Gasteiger partial charge in [0.1, 0.15) is 12.4 Å². The van der Waals surface area contributed by atoms with E-state index >= 15 is 0 Å². The molecule has 0 N–H and O–H groups in total. The summed E-state index contributed by atoms with van der Waals surface area (Å²) in [5.74, 6) is 1.88. The lowest BCUT2D eigenvalue weighted by atomic mass is 10.0. The minimum atomic E-state index is -0.349. The maximum Gasteiger partial charge on any atom is 0.337 e. The van der Waals surface area contributed by atoms with Gasteiger partial charge >= 0.3 is 11.9 Å². The number of hydrogen-bond donors (Lipinski definition) is 0. The van der Waals surface area contributed by atoms with Crippen molar-refractivity contribution in [2.24, 2.45) is 0 Å². The molecule has 5 rings (SSSR count). The van der Waals surface area contributed by atoms with Crippen molar-refractivity contribution in [2.75, 3.05) is 34.1 Å². The molecule has 4 aromatic carbocycles. The van der Waals surface area contributed by atoms with Crippen molar-refractivity contribution < 1.29 is 33.3 Å². The van der Waals surface area contributed by atoms with E-state index in [0.717, 1.165) is 84.0 Å². The molecule has 0 fully saturated rings. The molecule has 0 saturated carbocycles. The molecule has 1 aliphatic heterocycles. The molecular formula is C37H39NO7. The predicted molar refractivity (Wildman–Crippen MR) is 171 cm³/mol. The number of carbonyl (C=O) groups is 2. The fourth-order valence-corrected chi connectivity index (χ4v) is 5.26. The summed E-state index contributed by atoms with van der Waals surface area (Å²) in [5.41, 5.74) is 6.02. The second kappa shape index (κ2) is 15.8. The first kappa shape index (κ1) is 31.6. The van der Waals surface area contributed by atoms with Gasteiger partial charge < -0.3 is 23.7 Å². The van der Waals surface area contributed by atoms with Crippen molar-refractivity contribution in [3.8, 4) is 28.4 Å². The molecule has 0 radical (unpaired) electrons. The number of hydrogen-bond acceptors (Lipinski definition) is 8. The van der Waals surface area contributed by atoms with Gasteiger partial charge in [-0.05, 0) is 84.0 Å². The van der Waals surface area contributed by atoms with E-state index in [4.69, 9.17) is 23.7 Å². The highest BCUT2D eigenvalue weighted by Gasteiger charge is 2.15. The Hall–Kier alpha value is -4.82. The van der Waals surface area contributed by atoms with Crippen molar-refractivity contribution in [3.05, 3.63) is 113 Å². The van der Waals surface area contributed by atoms with Gasteiger partial charge in [0.05, 0.1) is 19.8 Å². The second-order valence-corrected chi connectivity index (χ2v) is 10.9. The minimum absolute atomic E-state index is 0.186. The summed E-state index contributed by atoms with van der Waals surface area (Å²) >= 11 is 0. The summed E-state index contributed by atoms with van der Waals surface area (Å²) in [6, 6.07) is 30.0. The van der Waals surface area contributed by atoms with Gasteiger partial charge in [0.25, 0.3) is 0 Å². The van der Waals surface area contributed by atoms with Crippen molar-refractivity contribution >= 4 is 11.9 Å². The summed E-state index contributed by atoms with van der Waals surface area (Å²) in [6.45, 7) is 3.08. The number of para-hydroxylation sites is 1. The lowest BCUT2D eigenvalue weighted by Gasteiger charge is -2.23. The Morgan fingerprint density at radius 3 is 2.27 bits per heavy atom. The monoisotopic (exact) mass is 609 g/mol. The van der Waals surface area contributed by atoms with E-state index in [1.807, 2.05) is 48.5 Å². The number of benzene rings is 4. The molecule has 0 aliphatic carbocycles. The lowest BCUT2D eigenvalue weighted by molar-refractivity contribution is -0.140. The smallest absolute Gasteiger partial charge is 0.337 e. The van der Waals surface area contributed by atoms with Crippen LogP contribution in [0.15, 0.2) is 91.0 Å². The van der Waals surface area contributed by atoms with E-state index in [0.29, 0.717) is 18.6 Å². The van der Waals surface area contributed by atoms with Crippen LogP contribution >= 0.6 is 0 Å². The van der Waals surface area contributed by atoms with Gasteiger partial charge in [-0.15, -0.1) is 0 Å². The lowest BCUT2D eigenvalue weighted by Crippen LogP contribution is -2.27. The van der Waals surface area contributed by atoms with E-state index in [1.54, 1.807) is 12.1 Å². The third-order valence-electron chi connectivity index (χ3n) is 7.84. The number of nitrogens with zero attached hydrogens (tertiary/aromatic N) is 1. The zero-order valence-corrected chi connectivity index (χ0v) is 25.8. The normalized spacial score (nSPS) is 11.8. The number of rotatable bonds is 15. The van der Waals surface area contributed by atoms with Crippen LogP contribution in [0.4, 0.5) is 0 Å². The van der Waals surface area contributed by atoms with Crippen LogP contribution in [0, 0.1) is 0 Å². The zero-order chi connectivity index (χ0) is 31.4. The summed E-state index contributed by atoms with van der Waals surface area (Å²) in [5, 5.41) is 0. The summed E-state index contributed by atoms with van der Waals surface area (Å²) < 4.78 is 26.9. The highest BCUT2D eigenvalue weighted by atomic mass is 16.7. The van der Waals surface area contributed by atoms with Crippen LogP contribution in [-0.2, 0) is 33.8 Å². The zero-order valence-electron chi connectivity index (χ0n) is 25.8. The van der Waals surface area contributed by atoms with E-state index in [2.05, 4.69) is 35.2 Å². The largest absolute Gasteiger partial charge is 0.489 e. The fraction of sp³-hybridized carbons (Fsp3) is 0.297. The topological polar surface area (TPSA) is 83.5 Å². The third kappa shape index (κ3) is 8.86. The molecule has 0 aromatic heterocycles. The molecule has 0 spiro atoms. The summed E-state index contributed by atoms with van der Waals surface area (Å²) in [4.78, 5) is 25.8. The second-order valence-electron chi connectivity index (χ2n) is 10.9. The van der Waals surface area contributed by atoms with Crippen LogP contribution in [0.5, 0.6) is 17.2 Å². The van der Waals surface area contributed by atoms with Gasteiger partial charge in [-0.25, -0.2) is 4.79 Å². The molecule has 45 heavy (non-hydrogen) atoms. The third-order valence-corrected chi connectivity index (χ3v) is 7.84. The van der Waals surface area contributed by atoms with Crippen LogP contribution < -0.4 is 14.2 Å². The average molecular weight is 610 g/mol. The van der Waals surface area contributed by atoms with E-state index < -0.39 is 0 Å². The molecule has 234 valence electrons. The average Bonchev–Trinajstić information content (AvgIpc) is 3.56. The molecule has 0 saturated heterocycles. The van der Waals surface area contributed by atoms with Crippen molar-refractivity contribution in [3.63, 3.8) is 0 Å². The fourth-order valence-electron chi connectivity index (χ4n) is 5.26. The van der Waals surface area contributed by atoms with Crippen molar-refractivity contribution in [1.82, 2.24) is 4.90 Å². The highest BCUT2D eigenvalue weighted by Crippen LogP contribution is 2.36. The first-order valence-electron chi connectivity index (χ1n) is 15.2. The summed E-state index contributed by atoms with van der Waals surface area (Å²) in [6.07, 6.45) is 2.84. The van der Waals surface area contributed by atoms with Crippen molar-refractivity contribution in [2.45, 2.75) is 38.8 Å².